The first-order valence-electron chi connectivity index (χ1n) is 3.89. The molecule has 0 saturated carbocycles. The minimum absolute atomic E-state index is 0.0828. The first-order valence-corrected chi connectivity index (χ1v) is 3.89. The Balaban J connectivity index is 2.89. The van der Waals surface area contributed by atoms with E-state index in [4.69, 9.17) is 15.1 Å². The van der Waals surface area contributed by atoms with Crippen LogP contribution in [0.1, 0.15) is 11.3 Å². The van der Waals surface area contributed by atoms with Crippen LogP contribution in [0.5, 0.6) is 5.88 Å². The van der Waals surface area contributed by atoms with Gasteiger partial charge in [0.15, 0.2) is 0 Å². The molecule has 0 atom stereocenters. The van der Waals surface area contributed by atoms with Gasteiger partial charge in [0, 0.05) is 5.69 Å². The van der Waals surface area contributed by atoms with Gasteiger partial charge in [0.25, 0.3) is 0 Å². The van der Waals surface area contributed by atoms with Crippen LogP contribution in [-0.2, 0) is 0 Å². The number of ether oxygens (including phenoxy) is 1. The highest BCUT2D eigenvalue weighted by atomic mass is 16.5. The lowest BCUT2D eigenvalue weighted by Crippen LogP contribution is -2.05. The van der Waals surface area contributed by atoms with Crippen molar-refractivity contribution in [3.63, 3.8) is 0 Å². The highest BCUT2D eigenvalue weighted by Gasteiger charge is 2.04. The van der Waals surface area contributed by atoms with Crippen molar-refractivity contribution in [1.29, 1.82) is 5.26 Å². The molecule has 0 aromatic carbocycles. The van der Waals surface area contributed by atoms with Crippen molar-refractivity contribution in [2.45, 2.75) is 6.92 Å². The van der Waals surface area contributed by atoms with Gasteiger partial charge >= 0.3 is 0 Å². The van der Waals surface area contributed by atoms with Gasteiger partial charge in [-0.3, -0.25) is 0 Å². The average molecular weight is 178 g/mol. The standard InChI is InChI=1S/C9H10N2O2/c1-7-2-3-8(6-10)9(11-7)13-5-4-12/h2-3,12H,4-5H2,1H3. The third-order valence-corrected chi connectivity index (χ3v) is 1.45. The number of rotatable bonds is 3. The molecule has 0 aliphatic heterocycles. The molecule has 0 unspecified atom stereocenters. The van der Waals surface area contributed by atoms with E-state index in [9.17, 15) is 0 Å². The number of pyridine rings is 1. The molecular formula is C9H10N2O2. The first-order chi connectivity index (χ1) is 6.27. The molecule has 1 aromatic heterocycles. The van der Waals surface area contributed by atoms with Crippen molar-refractivity contribution in [1.82, 2.24) is 4.98 Å². The van der Waals surface area contributed by atoms with E-state index in [1.165, 1.54) is 0 Å². The smallest absolute Gasteiger partial charge is 0.231 e. The van der Waals surface area contributed by atoms with E-state index in [-0.39, 0.29) is 19.1 Å². The van der Waals surface area contributed by atoms with Gasteiger partial charge in [-0.2, -0.15) is 5.26 Å². The third-order valence-electron chi connectivity index (χ3n) is 1.45. The van der Waals surface area contributed by atoms with Gasteiger partial charge in [0.05, 0.1) is 6.61 Å². The van der Waals surface area contributed by atoms with E-state index in [1.54, 1.807) is 12.1 Å². The van der Waals surface area contributed by atoms with Crippen molar-refractivity contribution < 1.29 is 9.84 Å². The van der Waals surface area contributed by atoms with Crippen molar-refractivity contribution >= 4 is 0 Å². The third kappa shape index (κ3) is 2.42. The molecule has 4 nitrogen and oxygen atoms in total. The maximum Gasteiger partial charge on any atom is 0.231 e. The fourth-order valence-electron chi connectivity index (χ4n) is 0.870. The van der Waals surface area contributed by atoms with Gasteiger partial charge in [-0.25, -0.2) is 4.98 Å². The van der Waals surface area contributed by atoms with Gasteiger partial charge < -0.3 is 9.84 Å². The summed E-state index contributed by atoms with van der Waals surface area (Å²) in [5, 5.41) is 17.2. The molecule has 0 aliphatic carbocycles. The number of nitrogens with zero attached hydrogens (tertiary/aromatic N) is 2. The van der Waals surface area contributed by atoms with Crippen LogP contribution < -0.4 is 4.74 Å². The number of hydrogen-bond donors (Lipinski definition) is 1. The Bertz CT molecular complexity index is 331. The molecule has 1 heterocycles. The second kappa shape index (κ2) is 4.43. The fraction of sp³-hybridized carbons (Fsp3) is 0.333. The molecule has 0 bridgehead atoms. The van der Waals surface area contributed by atoms with Crippen LogP contribution >= 0.6 is 0 Å². The quantitative estimate of drug-likeness (QED) is 0.737. The molecule has 0 amide bonds. The number of nitriles is 1. The lowest BCUT2D eigenvalue weighted by Gasteiger charge is -2.04. The van der Waals surface area contributed by atoms with Crippen LogP contribution in [0.25, 0.3) is 0 Å². The minimum atomic E-state index is -0.0828. The summed E-state index contributed by atoms with van der Waals surface area (Å²) in [5.41, 5.74) is 1.17. The molecule has 0 aliphatic rings. The van der Waals surface area contributed by atoms with E-state index in [2.05, 4.69) is 4.98 Å². The molecule has 1 rings (SSSR count). The Kier molecular flexibility index (Phi) is 3.23. The molecular weight excluding hydrogens is 168 g/mol. The Morgan fingerprint density at radius 3 is 3.00 bits per heavy atom. The van der Waals surface area contributed by atoms with E-state index < -0.39 is 0 Å². The summed E-state index contributed by atoms with van der Waals surface area (Å²) in [7, 11) is 0. The van der Waals surface area contributed by atoms with Crippen molar-refractivity contribution in [2.24, 2.45) is 0 Å². The van der Waals surface area contributed by atoms with Gasteiger partial charge in [-0.15, -0.1) is 0 Å². The molecule has 0 spiro atoms. The first kappa shape index (κ1) is 9.49. The zero-order valence-corrected chi connectivity index (χ0v) is 7.32. The lowest BCUT2D eigenvalue weighted by molar-refractivity contribution is 0.196. The fourth-order valence-corrected chi connectivity index (χ4v) is 0.870. The van der Waals surface area contributed by atoms with Crippen LogP contribution in [-0.4, -0.2) is 23.3 Å². The second-order valence-corrected chi connectivity index (χ2v) is 2.49. The molecule has 13 heavy (non-hydrogen) atoms. The normalized spacial score (nSPS) is 9.31. The molecule has 0 radical (unpaired) electrons. The SMILES string of the molecule is Cc1ccc(C#N)c(OCCO)n1. The number of aromatic nitrogens is 1. The predicted molar refractivity (Wildman–Crippen MR) is 46.3 cm³/mol. The number of aliphatic hydroxyl groups excluding tert-OH is 1. The summed E-state index contributed by atoms with van der Waals surface area (Å²) in [6.07, 6.45) is 0. The summed E-state index contributed by atoms with van der Waals surface area (Å²) in [5.74, 6) is 0.288. The Morgan fingerprint density at radius 1 is 1.62 bits per heavy atom. The van der Waals surface area contributed by atoms with Gasteiger partial charge in [-0.1, -0.05) is 0 Å². The molecule has 4 heteroatoms. The van der Waals surface area contributed by atoms with Crippen molar-refractivity contribution in [2.75, 3.05) is 13.2 Å². The Morgan fingerprint density at radius 2 is 2.38 bits per heavy atom. The van der Waals surface area contributed by atoms with E-state index in [1.807, 2.05) is 13.0 Å². The molecule has 0 saturated heterocycles. The van der Waals surface area contributed by atoms with Gasteiger partial charge in [-0.05, 0) is 19.1 Å². The minimum Gasteiger partial charge on any atom is -0.474 e. The molecule has 0 fully saturated rings. The molecule has 68 valence electrons. The topological polar surface area (TPSA) is 66.1 Å². The van der Waals surface area contributed by atoms with Crippen LogP contribution in [0.3, 0.4) is 0 Å². The van der Waals surface area contributed by atoms with Crippen LogP contribution in [0.4, 0.5) is 0 Å². The number of hydrogen-bond acceptors (Lipinski definition) is 4. The zero-order valence-electron chi connectivity index (χ0n) is 7.32. The van der Waals surface area contributed by atoms with Crippen LogP contribution in [0.15, 0.2) is 12.1 Å². The summed E-state index contributed by atoms with van der Waals surface area (Å²) in [6, 6.07) is 5.35. The summed E-state index contributed by atoms with van der Waals surface area (Å²) < 4.78 is 5.07. The predicted octanol–water partition coefficient (Wildman–Crippen LogP) is 0.633. The molecule has 1 N–H and O–H groups in total. The zero-order chi connectivity index (χ0) is 9.68. The molecule has 1 aromatic rings. The van der Waals surface area contributed by atoms with E-state index in [0.29, 0.717) is 5.56 Å². The van der Waals surface area contributed by atoms with E-state index in [0.717, 1.165) is 5.69 Å². The van der Waals surface area contributed by atoms with Gasteiger partial charge in [0.2, 0.25) is 5.88 Å². The summed E-state index contributed by atoms with van der Waals surface area (Å²) >= 11 is 0. The summed E-state index contributed by atoms with van der Waals surface area (Å²) in [4.78, 5) is 4.03. The van der Waals surface area contributed by atoms with Crippen LogP contribution in [0.2, 0.25) is 0 Å². The lowest BCUT2D eigenvalue weighted by atomic mass is 10.2. The second-order valence-electron chi connectivity index (χ2n) is 2.49. The maximum atomic E-state index is 8.68. The van der Waals surface area contributed by atoms with Crippen LogP contribution in [0, 0.1) is 18.3 Å². The Labute approximate surface area is 76.4 Å². The Hall–Kier alpha value is -1.60. The number of aliphatic hydroxyl groups is 1. The average Bonchev–Trinajstić information content (AvgIpc) is 2.15. The largest absolute Gasteiger partial charge is 0.474 e. The maximum absolute atomic E-state index is 8.68. The highest BCUT2D eigenvalue weighted by molar-refractivity contribution is 5.38. The van der Waals surface area contributed by atoms with Crippen molar-refractivity contribution in [3.05, 3.63) is 23.4 Å². The van der Waals surface area contributed by atoms with Crippen molar-refractivity contribution in [3.8, 4) is 11.9 Å². The van der Waals surface area contributed by atoms with E-state index >= 15 is 0 Å². The number of aryl methyl sites for hydroxylation is 1. The highest BCUT2D eigenvalue weighted by Crippen LogP contribution is 2.14. The monoisotopic (exact) mass is 178 g/mol. The van der Waals surface area contributed by atoms with Gasteiger partial charge in [0.1, 0.15) is 18.2 Å². The summed E-state index contributed by atoms with van der Waals surface area (Å²) in [6.45, 7) is 1.89.